The van der Waals surface area contributed by atoms with E-state index in [0.717, 1.165) is 11.3 Å². The summed E-state index contributed by atoms with van der Waals surface area (Å²) < 4.78 is 5.08. The van der Waals surface area contributed by atoms with E-state index in [9.17, 15) is 4.79 Å². The molecular formula is C14H16N4O2S. The molecule has 0 fully saturated rings. The summed E-state index contributed by atoms with van der Waals surface area (Å²) in [5.41, 5.74) is 6.74. The van der Waals surface area contributed by atoms with Gasteiger partial charge in [0.25, 0.3) is 5.91 Å². The third-order valence-electron chi connectivity index (χ3n) is 2.62. The largest absolute Gasteiger partial charge is 0.497 e. The molecule has 1 heterocycles. The topological polar surface area (TPSA) is 89.3 Å². The van der Waals surface area contributed by atoms with Crippen molar-refractivity contribution in [1.82, 2.24) is 10.3 Å². The fourth-order valence-electron chi connectivity index (χ4n) is 1.59. The molecule has 0 atom stereocenters. The average Bonchev–Trinajstić information content (AvgIpc) is 2.93. The van der Waals surface area contributed by atoms with Gasteiger partial charge in [-0.25, -0.2) is 4.98 Å². The molecule has 0 unspecified atom stereocenters. The molecule has 1 aromatic heterocycles. The van der Waals surface area contributed by atoms with Gasteiger partial charge in [0.1, 0.15) is 11.4 Å². The SMILES string of the molecule is C=C(N)Nc1nc(C(=O)NCc2ccc(OC)cc2)cs1. The van der Waals surface area contributed by atoms with Crippen molar-refractivity contribution in [3.8, 4) is 5.75 Å². The van der Waals surface area contributed by atoms with E-state index < -0.39 is 0 Å². The molecule has 1 aromatic carbocycles. The molecule has 1 amide bonds. The molecule has 110 valence electrons. The number of thiazole rings is 1. The van der Waals surface area contributed by atoms with Crippen molar-refractivity contribution in [2.24, 2.45) is 5.73 Å². The number of nitrogens with two attached hydrogens (primary N) is 1. The van der Waals surface area contributed by atoms with E-state index in [0.29, 0.717) is 17.4 Å². The van der Waals surface area contributed by atoms with Crippen LogP contribution < -0.4 is 21.1 Å². The first-order valence-corrected chi connectivity index (χ1v) is 7.04. The maximum Gasteiger partial charge on any atom is 0.271 e. The first-order valence-electron chi connectivity index (χ1n) is 6.16. The van der Waals surface area contributed by atoms with Crippen LogP contribution in [0.15, 0.2) is 42.0 Å². The maximum absolute atomic E-state index is 12.0. The van der Waals surface area contributed by atoms with Crippen LogP contribution in [0.3, 0.4) is 0 Å². The Bertz CT molecular complexity index is 637. The molecular weight excluding hydrogens is 288 g/mol. The van der Waals surface area contributed by atoms with Crippen LogP contribution in [0.5, 0.6) is 5.75 Å². The van der Waals surface area contributed by atoms with Crippen LogP contribution >= 0.6 is 11.3 Å². The molecule has 4 N–H and O–H groups in total. The average molecular weight is 304 g/mol. The van der Waals surface area contributed by atoms with Gasteiger partial charge in [-0.2, -0.15) is 0 Å². The van der Waals surface area contributed by atoms with E-state index in [4.69, 9.17) is 10.5 Å². The maximum atomic E-state index is 12.0. The first-order chi connectivity index (χ1) is 10.1. The Morgan fingerprint density at radius 1 is 1.43 bits per heavy atom. The molecule has 0 saturated heterocycles. The van der Waals surface area contributed by atoms with E-state index in [1.807, 2.05) is 24.3 Å². The number of hydrogen-bond acceptors (Lipinski definition) is 6. The van der Waals surface area contributed by atoms with Crippen molar-refractivity contribution in [3.05, 3.63) is 53.3 Å². The molecule has 7 heteroatoms. The molecule has 2 rings (SSSR count). The lowest BCUT2D eigenvalue weighted by atomic mass is 10.2. The summed E-state index contributed by atoms with van der Waals surface area (Å²) in [4.78, 5) is 16.1. The molecule has 0 radical (unpaired) electrons. The Kier molecular flexibility index (Phi) is 4.78. The van der Waals surface area contributed by atoms with Gasteiger partial charge < -0.3 is 21.1 Å². The molecule has 0 bridgehead atoms. The number of hydrogen-bond donors (Lipinski definition) is 3. The Hall–Kier alpha value is -2.54. The first kappa shape index (κ1) is 14.9. The fraction of sp³-hybridized carbons (Fsp3) is 0.143. The van der Waals surface area contributed by atoms with Crippen molar-refractivity contribution in [3.63, 3.8) is 0 Å². The highest BCUT2D eigenvalue weighted by atomic mass is 32.1. The second-order valence-electron chi connectivity index (χ2n) is 4.22. The Morgan fingerprint density at radius 2 is 2.14 bits per heavy atom. The molecule has 0 spiro atoms. The summed E-state index contributed by atoms with van der Waals surface area (Å²) in [6.07, 6.45) is 0. The van der Waals surface area contributed by atoms with Gasteiger partial charge in [0.2, 0.25) is 0 Å². The monoisotopic (exact) mass is 304 g/mol. The summed E-state index contributed by atoms with van der Waals surface area (Å²) in [6, 6.07) is 7.48. The molecule has 0 aliphatic heterocycles. The van der Waals surface area contributed by atoms with Gasteiger partial charge in [0.15, 0.2) is 5.13 Å². The lowest BCUT2D eigenvalue weighted by molar-refractivity contribution is 0.0946. The summed E-state index contributed by atoms with van der Waals surface area (Å²) in [6.45, 7) is 3.94. The number of ether oxygens (including phenoxy) is 1. The van der Waals surface area contributed by atoms with E-state index in [2.05, 4.69) is 22.2 Å². The number of benzene rings is 1. The second kappa shape index (κ2) is 6.76. The number of carbonyl (C=O) groups is 1. The van der Waals surface area contributed by atoms with Crippen LogP contribution in [-0.4, -0.2) is 18.0 Å². The number of nitrogens with zero attached hydrogens (tertiary/aromatic N) is 1. The van der Waals surface area contributed by atoms with Crippen LogP contribution in [0, 0.1) is 0 Å². The zero-order valence-corrected chi connectivity index (χ0v) is 12.4. The van der Waals surface area contributed by atoms with Crippen LogP contribution in [0.25, 0.3) is 0 Å². The number of carbonyl (C=O) groups excluding carboxylic acids is 1. The Labute approximate surface area is 126 Å². The van der Waals surface area contributed by atoms with Gasteiger partial charge in [-0.05, 0) is 17.7 Å². The predicted octanol–water partition coefficient (Wildman–Crippen LogP) is 1.92. The second-order valence-corrected chi connectivity index (χ2v) is 5.08. The quantitative estimate of drug-likeness (QED) is 0.758. The minimum Gasteiger partial charge on any atom is -0.497 e. The van der Waals surface area contributed by atoms with Crippen LogP contribution in [0.2, 0.25) is 0 Å². The fourth-order valence-corrected chi connectivity index (χ4v) is 2.31. The Balaban J connectivity index is 1.91. The van der Waals surface area contributed by atoms with Crippen molar-refractivity contribution < 1.29 is 9.53 Å². The minimum absolute atomic E-state index is 0.238. The molecule has 21 heavy (non-hydrogen) atoms. The number of amides is 1. The lowest BCUT2D eigenvalue weighted by Crippen LogP contribution is -2.23. The van der Waals surface area contributed by atoms with Crippen LogP contribution in [0.1, 0.15) is 16.1 Å². The van der Waals surface area contributed by atoms with E-state index in [-0.39, 0.29) is 11.7 Å². The normalized spacial score (nSPS) is 9.95. The summed E-state index contributed by atoms with van der Waals surface area (Å²) in [5.74, 6) is 0.828. The third kappa shape index (κ3) is 4.22. The standard InChI is InChI=1S/C14H16N4O2S/c1-9(15)17-14-18-12(8-21-14)13(19)16-7-10-3-5-11(20-2)6-4-10/h3-6,8H,1,7,15H2,2H3,(H,16,19)(H,17,18). The predicted molar refractivity (Wildman–Crippen MR) is 83.2 cm³/mol. The van der Waals surface area contributed by atoms with Gasteiger partial charge >= 0.3 is 0 Å². The molecule has 0 aliphatic carbocycles. The van der Waals surface area contributed by atoms with Gasteiger partial charge in [-0.15, -0.1) is 11.3 Å². The number of nitrogens with one attached hydrogen (secondary N) is 2. The van der Waals surface area contributed by atoms with Gasteiger partial charge in [0, 0.05) is 11.9 Å². The zero-order chi connectivity index (χ0) is 15.2. The molecule has 6 nitrogen and oxygen atoms in total. The summed E-state index contributed by atoms with van der Waals surface area (Å²) >= 11 is 1.29. The number of methoxy groups -OCH3 is 1. The van der Waals surface area contributed by atoms with Crippen molar-refractivity contribution >= 4 is 22.4 Å². The minimum atomic E-state index is -0.238. The van der Waals surface area contributed by atoms with Crippen LogP contribution in [0.4, 0.5) is 5.13 Å². The molecule has 0 saturated carbocycles. The van der Waals surface area contributed by atoms with E-state index >= 15 is 0 Å². The number of aromatic nitrogens is 1. The van der Waals surface area contributed by atoms with Crippen molar-refractivity contribution in [1.29, 1.82) is 0 Å². The van der Waals surface area contributed by atoms with Crippen LogP contribution in [-0.2, 0) is 6.54 Å². The summed E-state index contributed by atoms with van der Waals surface area (Å²) in [7, 11) is 1.61. The van der Waals surface area contributed by atoms with E-state index in [1.54, 1.807) is 12.5 Å². The third-order valence-corrected chi connectivity index (χ3v) is 3.37. The van der Waals surface area contributed by atoms with Gasteiger partial charge in [0.05, 0.1) is 12.9 Å². The highest BCUT2D eigenvalue weighted by Crippen LogP contribution is 2.16. The molecule has 0 aliphatic rings. The van der Waals surface area contributed by atoms with Gasteiger partial charge in [-0.3, -0.25) is 4.79 Å². The van der Waals surface area contributed by atoms with Crippen molar-refractivity contribution in [2.75, 3.05) is 12.4 Å². The lowest BCUT2D eigenvalue weighted by Gasteiger charge is -2.05. The number of anilines is 1. The zero-order valence-electron chi connectivity index (χ0n) is 11.6. The van der Waals surface area contributed by atoms with E-state index in [1.165, 1.54) is 11.3 Å². The molecule has 2 aromatic rings. The smallest absolute Gasteiger partial charge is 0.271 e. The summed E-state index contributed by atoms with van der Waals surface area (Å²) in [5, 5.41) is 7.77. The Morgan fingerprint density at radius 3 is 2.76 bits per heavy atom. The van der Waals surface area contributed by atoms with Gasteiger partial charge in [-0.1, -0.05) is 18.7 Å². The highest BCUT2D eigenvalue weighted by Gasteiger charge is 2.10. The highest BCUT2D eigenvalue weighted by molar-refractivity contribution is 7.13. The van der Waals surface area contributed by atoms with Crippen molar-refractivity contribution in [2.45, 2.75) is 6.54 Å². The number of rotatable bonds is 6.